The van der Waals surface area contributed by atoms with Gasteiger partial charge in [-0.15, -0.1) is 0 Å². The van der Waals surface area contributed by atoms with Crippen molar-refractivity contribution in [1.29, 1.82) is 0 Å². The van der Waals surface area contributed by atoms with Crippen LogP contribution in [0, 0.1) is 5.92 Å². The summed E-state index contributed by atoms with van der Waals surface area (Å²) in [6.07, 6.45) is 4.76. The van der Waals surface area contributed by atoms with Crippen LogP contribution >= 0.6 is 0 Å². The van der Waals surface area contributed by atoms with Crippen molar-refractivity contribution in [3.05, 3.63) is 35.4 Å². The molecule has 2 nitrogen and oxygen atoms in total. The van der Waals surface area contributed by atoms with Gasteiger partial charge in [-0.05, 0) is 42.7 Å². The van der Waals surface area contributed by atoms with Crippen molar-refractivity contribution in [3.8, 4) is 0 Å². The number of hydrogen-bond acceptors (Lipinski definition) is 2. The zero-order valence-electron chi connectivity index (χ0n) is 9.37. The Labute approximate surface area is 91.8 Å². The van der Waals surface area contributed by atoms with Crippen molar-refractivity contribution >= 4 is 0 Å². The predicted molar refractivity (Wildman–Crippen MR) is 63.4 cm³/mol. The van der Waals surface area contributed by atoms with Gasteiger partial charge in [-0.2, -0.15) is 0 Å². The number of benzene rings is 1. The van der Waals surface area contributed by atoms with Crippen LogP contribution in [0.4, 0.5) is 0 Å². The van der Waals surface area contributed by atoms with E-state index in [4.69, 9.17) is 5.84 Å². The lowest BCUT2D eigenvalue weighted by molar-refractivity contribution is 0.316. The lowest BCUT2D eigenvalue weighted by Crippen LogP contribution is -2.42. The summed E-state index contributed by atoms with van der Waals surface area (Å²) in [5.74, 6) is 6.29. The molecule has 2 rings (SSSR count). The molecule has 0 bridgehead atoms. The van der Waals surface area contributed by atoms with E-state index in [-0.39, 0.29) is 0 Å². The van der Waals surface area contributed by atoms with Crippen LogP contribution in [0.1, 0.15) is 30.9 Å². The van der Waals surface area contributed by atoms with Crippen LogP contribution in [-0.2, 0) is 12.8 Å². The lowest BCUT2D eigenvalue weighted by atomic mass is 9.79. The SMILES string of the molecule is CCC(NN)C1CCc2ccccc2C1. The van der Waals surface area contributed by atoms with Crippen LogP contribution in [-0.4, -0.2) is 6.04 Å². The van der Waals surface area contributed by atoms with Crippen LogP contribution < -0.4 is 11.3 Å². The van der Waals surface area contributed by atoms with Crippen LogP contribution in [0.2, 0.25) is 0 Å². The molecule has 1 aliphatic rings. The van der Waals surface area contributed by atoms with E-state index in [0.29, 0.717) is 12.0 Å². The molecule has 1 aromatic carbocycles. The van der Waals surface area contributed by atoms with Crippen molar-refractivity contribution in [2.24, 2.45) is 11.8 Å². The topological polar surface area (TPSA) is 38.0 Å². The van der Waals surface area contributed by atoms with Crippen molar-refractivity contribution < 1.29 is 0 Å². The molecule has 15 heavy (non-hydrogen) atoms. The molecule has 82 valence electrons. The second-order valence-electron chi connectivity index (χ2n) is 4.45. The first-order valence-corrected chi connectivity index (χ1v) is 5.88. The van der Waals surface area contributed by atoms with Gasteiger partial charge in [0.15, 0.2) is 0 Å². The summed E-state index contributed by atoms with van der Waals surface area (Å²) in [4.78, 5) is 0. The maximum atomic E-state index is 5.58. The Hall–Kier alpha value is -0.860. The number of hydrogen-bond donors (Lipinski definition) is 2. The Morgan fingerprint density at radius 2 is 2.13 bits per heavy atom. The van der Waals surface area contributed by atoms with Gasteiger partial charge >= 0.3 is 0 Å². The van der Waals surface area contributed by atoms with Crippen LogP contribution in [0.3, 0.4) is 0 Å². The smallest absolute Gasteiger partial charge is 0.0239 e. The number of rotatable bonds is 3. The van der Waals surface area contributed by atoms with E-state index in [1.165, 1.54) is 30.4 Å². The van der Waals surface area contributed by atoms with Gasteiger partial charge in [0, 0.05) is 6.04 Å². The molecule has 0 saturated carbocycles. The number of nitrogens with one attached hydrogen (secondary N) is 1. The highest BCUT2D eigenvalue weighted by molar-refractivity contribution is 5.29. The average Bonchev–Trinajstić information content (AvgIpc) is 2.30. The first-order valence-electron chi connectivity index (χ1n) is 5.88. The fraction of sp³-hybridized carbons (Fsp3) is 0.538. The highest BCUT2D eigenvalue weighted by atomic mass is 15.2. The molecule has 0 spiro atoms. The van der Waals surface area contributed by atoms with Gasteiger partial charge < -0.3 is 0 Å². The molecule has 3 N–H and O–H groups in total. The minimum atomic E-state index is 0.471. The third kappa shape index (κ3) is 2.21. The van der Waals surface area contributed by atoms with Gasteiger partial charge in [-0.25, -0.2) is 0 Å². The summed E-state index contributed by atoms with van der Waals surface area (Å²) in [6, 6.07) is 9.25. The maximum absolute atomic E-state index is 5.58. The van der Waals surface area contributed by atoms with Gasteiger partial charge in [0.1, 0.15) is 0 Å². The Bertz CT molecular complexity index is 318. The summed E-state index contributed by atoms with van der Waals surface area (Å²) < 4.78 is 0. The highest BCUT2D eigenvalue weighted by Gasteiger charge is 2.23. The number of hydrazine groups is 1. The summed E-state index contributed by atoms with van der Waals surface area (Å²) in [5.41, 5.74) is 6.00. The zero-order chi connectivity index (χ0) is 10.7. The zero-order valence-corrected chi connectivity index (χ0v) is 9.37. The minimum absolute atomic E-state index is 0.471. The highest BCUT2D eigenvalue weighted by Crippen LogP contribution is 2.28. The first-order chi connectivity index (χ1) is 7.35. The molecule has 0 amide bonds. The minimum Gasteiger partial charge on any atom is -0.271 e. The number of aryl methyl sites for hydroxylation is 1. The molecule has 0 aromatic heterocycles. The predicted octanol–water partition coefficient (Wildman–Crippen LogP) is 2.03. The van der Waals surface area contributed by atoms with Gasteiger partial charge in [0.2, 0.25) is 0 Å². The van der Waals surface area contributed by atoms with Gasteiger partial charge in [0.05, 0.1) is 0 Å². The van der Waals surface area contributed by atoms with E-state index in [2.05, 4.69) is 36.6 Å². The lowest BCUT2D eigenvalue weighted by Gasteiger charge is -2.30. The van der Waals surface area contributed by atoms with E-state index in [1.807, 2.05) is 0 Å². The quantitative estimate of drug-likeness (QED) is 0.584. The second-order valence-corrected chi connectivity index (χ2v) is 4.45. The van der Waals surface area contributed by atoms with E-state index in [0.717, 1.165) is 6.42 Å². The van der Waals surface area contributed by atoms with Crippen molar-refractivity contribution in [2.45, 2.75) is 38.6 Å². The van der Waals surface area contributed by atoms with E-state index in [9.17, 15) is 0 Å². The molecule has 2 atom stereocenters. The first kappa shape index (κ1) is 10.7. The second kappa shape index (κ2) is 4.77. The van der Waals surface area contributed by atoms with Crippen molar-refractivity contribution in [3.63, 3.8) is 0 Å². The molecular formula is C13H20N2. The summed E-state index contributed by atoms with van der Waals surface area (Å²) in [5, 5.41) is 0. The fourth-order valence-corrected chi connectivity index (χ4v) is 2.66. The number of fused-ring (bicyclic) bond motifs is 1. The molecule has 2 heteroatoms. The van der Waals surface area contributed by atoms with Gasteiger partial charge in [-0.3, -0.25) is 11.3 Å². The molecule has 0 heterocycles. The van der Waals surface area contributed by atoms with Crippen molar-refractivity contribution in [1.82, 2.24) is 5.43 Å². The largest absolute Gasteiger partial charge is 0.271 e. The van der Waals surface area contributed by atoms with Crippen LogP contribution in [0.5, 0.6) is 0 Å². The number of nitrogens with two attached hydrogens (primary N) is 1. The third-order valence-corrected chi connectivity index (χ3v) is 3.61. The molecule has 1 aliphatic carbocycles. The Balaban J connectivity index is 2.11. The standard InChI is InChI=1S/C13H20N2/c1-2-13(15-14)12-8-7-10-5-3-4-6-11(10)9-12/h3-6,12-13,15H,2,7-9,14H2,1H3. The van der Waals surface area contributed by atoms with Crippen molar-refractivity contribution in [2.75, 3.05) is 0 Å². The summed E-state index contributed by atoms with van der Waals surface area (Å²) >= 11 is 0. The normalized spacial score (nSPS) is 22.1. The molecule has 0 saturated heterocycles. The summed E-state index contributed by atoms with van der Waals surface area (Å²) in [6.45, 7) is 2.20. The Kier molecular flexibility index (Phi) is 3.39. The Morgan fingerprint density at radius 1 is 1.40 bits per heavy atom. The molecule has 1 aromatic rings. The van der Waals surface area contributed by atoms with Crippen LogP contribution in [0.15, 0.2) is 24.3 Å². The third-order valence-electron chi connectivity index (χ3n) is 3.61. The maximum Gasteiger partial charge on any atom is 0.0239 e. The Morgan fingerprint density at radius 3 is 2.80 bits per heavy atom. The van der Waals surface area contributed by atoms with E-state index in [1.54, 1.807) is 0 Å². The molecular weight excluding hydrogens is 184 g/mol. The molecule has 0 fully saturated rings. The van der Waals surface area contributed by atoms with E-state index < -0.39 is 0 Å². The van der Waals surface area contributed by atoms with Gasteiger partial charge in [0.25, 0.3) is 0 Å². The van der Waals surface area contributed by atoms with E-state index >= 15 is 0 Å². The molecule has 0 aliphatic heterocycles. The fourth-order valence-electron chi connectivity index (χ4n) is 2.66. The van der Waals surface area contributed by atoms with Gasteiger partial charge in [-0.1, -0.05) is 31.2 Å². The van der Waals surface area contributed by atoms with Crippen LogP contribution in [0.25, 0.3) is 0 Å². The molecule has 0 radical (unpaired) electrons. The summed E-state index contributed by atoms with van der Waals surface area (Å²) in [7, 11) is 0. The molecule has 2 unspecified atom stereocenters. The monoisotopic (exact) mass is 204 g/mol. The average molecular weight is 204 g/mol.